The molecule has 0 amide bonds. The number of esters is 1. The molecule has 0 spiro atoms. The van der Waals surface area contributed by atoms with Gasteiger partial charge in [0, 0.05) is 13.0 Å². The predicted molar refractivity (Wildman–Crippen MR) is 285 cm³/mol. The Bertz CT molecular complexity index is 1310. The first-order chi connectivity index (χ1) is 34.1. The van der Waals surface area contributed by atoms with Gasteiger partial charge in [-0.15, -0.1) is 0 Å². The fourth-order valence-corrected chi connectivity index (χ4v) is 9.69. The fraction of sp³-hybridized carbons (Fsp3) is 0.912. The molecule has 1 fully saturated rings. The van der Waals surface area contributed by atoms with Gasteiger partial charge >= 0.3 is 16.4 Å². The van der Waals surface area contributed by atoms with E-state index in [2.05, 4.69) is 42.3 Å². The number of hydrogen-bond donors (Lipinski definition) is 4. The van der Waals surface area contributed by atoms with Gasteiger partial charge < -0.3 is 34.3 Å². The van der Waals surface area contributed by atoms with Gasteiger partial charge in [0.2, 0.25) is 0 Å². The van der Waals surface area contributed by atoms with E-state index in [1.165, 1.54) is 193 Å². The molecule has 70 heavy (non-hydrogen) atoms. The number of aliphatic hydroxyl groups excluding tert-OH is 3. The van der Waals surface area contributed by atoms with E-state index in [0.717, 1.165) is 51.4 Å². The van der Waals surface area contributed by atoms with Crippen LogP contribution in [0, 0.1) is 0 Å². The van der Waals surface area contributed by atoms with Crippen LogP contribution in [0.5, 0.6) is 0 Å². The van der Waals surface area contributed by atoms with Crippen LogP contribution in [0.3, 0.4) is 0 Å². The lowest BCUT2D eigenvalue weighted by atomic mass is 9.99. The van der Waals surface area contributed by atoms with Gasteiger partial charge in [-0.3, -0.25) is 9.35 Å². The van der Waals surface area contributed by atoms with Gasteiger partial charge in [-0.2, -0.15) is 8.42 Å². The Balaban J connectivity index is 2.28. The molecule has 4 N–H and O–H groups in total. The number of carbonyl (C=O) groups is 1. The standard InChI is InChI=1S/C57H108O12S/c1-3-5-7-9-11-13-15-17-19-21-23-24-25-26-27-28-30-32-34-36-38-40-42-44-46-53(59)67-51(50-66-57-55(61)56(69-70(62,63)64)54(60)52(48-58)68-57)49-65-47-45-43-41-39-37-35-33-31-29-22-20-18-16-14-12-10-8-6-4-2/h14,16,20,22,51-52,54-58,60-61H,3-13,15,17-19,21,23-50H2,1-2H3,(H,62,63,64)/b16-14-,22-20-. The molecule has 0 aromatic heterocycles. The number of allylic oxidation sites excluding steroid dienone is 4. The van der Waals surface area contributed by atoms with E-state index in [1.807, 2.05) is 0 Å². The summed E-state index contributed by atoms with van der Waals surface area (Å²) in [5.41, 5.74) is 0. The molecule has 6 unspecified atom stereocenters. The Labute approximate surface area is 429 Å². The molecule has 414 valence electrons. The molecule has 1 heterocycles. The minimum absolute atomic E-state index is 0.0365. The minimum Gasteiger partial charge on any atom is -0.457 e. The fourth-order valence-electron chi connectivity index (χ4n) is 9.18. The van der Waals surface area contributed by atoms with Crippen molar-refractivity contribution in [1.29, 1.82) is 0 Å². The number of ether oxygens (including phenoxy) is 4. The average Bonchev–Trinajstić information content (AvgIpc) is 3.34. The zero-order chi connectivity index (χ0) is 51.0. The highest BCUT2D eigenvalue weighted by atomic mass is 32.3. The molecular weight excluding hydrogens is 909 g/mol. The van der Waals surface area contributed by atoms with Crippen molar-refractivity contribution in [3.8, 4) is 0 Å². The summed E-state index contributed by atoms with van der Waals surface area (Å²) in [4.78, 5) is 13.0. The minimum atomic E-state index is -5.07. The van der Waals surface area contributed by atoms with Crippen molar-refractivity contribution < 1.29 is 56.2 Å². The molecule has 0 radical (unpaired) electrons. The number of aliphatic hydroxyl groups is 3. The molecule has 0 aromatic carbocycles. The third kappa shape index (κ3) is 41.0. The van der Waals surface area contributed by atoms with Crippen LogP contribution in [0.1, 0.15) is 271 Å². The molecule has 1 saturated heterocycles. The third-order valence-corrected chi connectivity index (χ3v) is 14.0. The first kappa shape index (κ1) is 66.6. The molecule has 0 saturated carbocycles. The zero-order valence-corrected chi connectivity index (χ0v) is 45.7. The van der Waals surface area contributed by atoms with Gasteiger partial charge in [0.1, 0.15) is 30.5 Å². The third-order valence-electron chi connectivity index (χ3n) is 13.6. The summed E-state index contributed by atoms with van der Waals surface area (Å²) in [6.45, 7) is 4.02. The Hall–Kier alpha value is -1.42. The highest BCUT2D eigenvalue weighted by Crippen LogP contribution is 2.26. The molecule has 0 aliphatic carbocycles. The van der Waals surface area contributed by atoms with E-state index in [1.54, 1.807) is 0 Å². The van der Waals surface area contributed by atoms with Crippen molar-refractivity contribution in [2.24, 2.45) is 0 Å². The van der Waals surface area contributed by atoms with Gasteiger partial charge in [0.25, 0.3) is 0 Å². The number of unbranched alkanes of at least 4 members (excludes halogenated alkanes) is 35. The van der Waals surface area contributed by atoms with Crippen LogP contribution in [0.4, 0.5) is 0 Å². The highest BCUT2D eigenvalue weighted by molar-refractivity contribution is 7.80. The van der Waals surface area contributed by atoms with E-state index in [-0.39, 0.29) is 19.6 Å². The van der Waals surface area contributed by atoms with Crippen LogP contribution in [0.25, 0.3) is 0 Å². The second kappa shape index (κ2) is 48.5. The monoisotopic (exact) mass is 1020 g/mol. The number of hydrogen-bond acceptors (Lipinski definition) is 11. The lowest BCUT2D eigenvalue weighted by molar-refractivity contribution is -0.301. The van der Waals surface area contributed by atoms with Crippen molar-refractivity contribution in [3.05, 3.63) is 24.3 Å². The van der Waals surface area contributed by atoms with Crippen molar-refractivity contribution in [2.75, 3.05) is 26.4 Å². The highest BCUT2D eigenvalue weighted by Gasteiger charge is 2.48. The number of rotatable bonds is 52. The van der Waals surface area contributed by atoms with Gasteiger partial charge in [-0.25, -0.2) is 4.18 Å². The Kier molecular flexibility index (Phi) is 46.2. The maximum Gasteiger partial charge on any atom is 0.397 e. The molecular formula is C57H108O12S. The summed E-state index contributed by atoms with van der Waals surface area (Å²) in [5.74, 6) is -0.394. The summed E-state index contributed by atoms with van der Waals surface area (Å²) in [5, 5.41) is 30.8. The van der Waals surface area contributed by atoms with Crippen LogP contribution >= 0.6 is 0 Å². The molecule has 6 atom stereocenters. The molecule has 1 aliphatic heterocycles. The van der Waals surface area contributed by atoms with E-state index < -0.39 is 59.8 Å². The normalized spacial score (nSPS) is 19.2. The Morgan fingerprint density at radius 2 is 0.943 bits per heavy atom. The molecule has 0 bridgehead atoms. The topological polar surface area (TPSA) is 178 Å². The Morgan fingerprint density at radius 1 is 0.543 bits per heavy atom. The predicted octanol–water partition coefficient (Wildman–Crippen LogP) is 14.3. The molecule has 12 nitrogen and oxygen atoms in total. The summed E-state index contributed by atoms with van der Waals surface area (Å²) < 4.78 is 59.4. The van der Waals surface area contributed by atoms with E-state index >= 15 is 0 Å². The van der Waals surface area contributed by atoms with Crippen LogP contribution in [-0.4, -0.2) is 97.5 Å². The van der Waals surface area contributed by atoms with Crippen molar-refractivity contribution in [1.82, 2.24) is 0 Å². The van der Waals surface area contributed by atoms with Gasteiger partial charge in [-0.05, 0) is 44.9 Å². The maximum atomic E-state index is 13.0. The molecule has 1 aliphatic rings. The maximum absolute atomic E-state index is 13.0. The van der Waals surface area contributed by atoms with E-state index in [9.17, 15) is 33.1 Å². The van der Waals surface area contributed by atoms with Gasteiger partial charge in [0.15, 0.2) is 6.29 Å². The van der Waals surface area contributed by atoms with Gasteiger partial charge in [0.05, 0.1) is 19.8 Å². The molecule has 13 heteroatoms. The van der Waals surface area contributed by atoms with E-state index in [0.29, 0.717) is 13.0 Å². The van der Waals surface area contributed by atoms with Crippen LogP contribution < -0.4 is 0 Å². The quantitative estimate of drug-likeness (QED) is 0.0196. The first-order valence-corrected chi connectivity index (χ1v) is 30.5. The Morgan fingerprint density at radius 3 is 1.37 bits per heavy atom. The second-order valence-corrected chi connectivity index (χ2v) is 21.3. The van der Waals surface area contributed by atoms with Crippen LogP contribution in [0.2, 0.25) is 0 Å². The summed E-state index contributed by atoms with van der Waals surface area (Å²) in [7, 11) is -5.07. The zero-order valence-electron chi connectivity index (χ0n) is 44.8. The van der Waals surface area contributed by atoms with Crippen LogP contribution in [0.15, 0.2) is 24.3 Å². The summed E-state index contributed by atoms with van der Waals surface area (Å²) in [6.07, 6.45) is 49.3. The largest absolute Gasteiger partial charge is 0.457 e. The lowest BCUT2D eigenvalue weighted by Gasteiger charge is -2.41. The van der Waals surface area contributed by atoms with Crippen molar-refractivity contribution in [3.63, 3.8) is 0 Å². The summed E-state index contributed by atoms with van der Waals surface area (Å²) in [6, 6.07) is 0. The molecule has 0 aromatic rings. The van der Waals surface area contributed by atoms with Crippen molar-refractivity contribution in [2.45, 2.75) is 307 Å². The van der Waals surface area contributed by atoms with E-state index in [4.69, 9.17) is 18.9 Å². The average molecular weight is 1020 g/mol. The SMILES string of the molecule is CCCCCC/C=C\C/C=C\CCCCCCCCCCOCC(COC1OC(CO)C(O)C(OS(=O)(=O)O)C1O)OC(=O)CCCCCCCCCCCCCCCCCCCCCCCCCC. The lowest BCUT2D eigenvalue weighted by Crippen LogP contribution is -2.60. The summed E-state index contributed by atoms with van der Waals surface area (Å²) >= 11 is 0. The number of carbonyl (C=O) groups excluding carboxylic acids is 1. The van der Waals surface area contributed by atoms with Crippen LogP contribution in [-0.2, 0) is 38.3 Å². The van der Waals surface area contributed by atoms with Gasteiger partial charge in [-0.1, -0.05) is 244 Å². The first-order valence-electron chi connectivity index (χ1n) is 29.1. The molecule has 1 rings (SSSR count). The smallest absolute Gasteiger partial charge is 0.397 e. The second-order valence-electron chi connectivity index (χ2n) is 20.2. The van der Waals surface area contributed by atoms with Crippen molar-refractivity contribution >= 4 is 16.4 Å².